The van der Waals surface area contributed by atoms with Crippen molar-refractivity contribution < 1.29 is 9.90 Å². The van der Waals surface area contributed by atoms with Crippen LogP contribution in [0.5, 0.6) is 0 Å². The van der Waals surface area contributed by atoms with Gasteiger partial charge in [0.25, 0.3) is 0 Å². The van der Waals surface area contributed by atoms with Crippen molar-refractivity contribution in [1.29, 1.82) is 0 Å². The molecule has 1 aromatic rings. The van der Waals surface area contributed by atoms with Gasteiger partial charge in [-0.15, -0.1) is 0 Å². The second-order valence-corrected chi connectivity index (χ2v) is 6.95. The minimum absolute atomic E-state index is 0.366. The molecule has 1 saturated carbocycles. The minimum atomic E-state index is -0.579. The molecule has 4 heteroatoms. The first-order valence-corrected chi connectivity index (χ1v) is 8.18. The Hall–Kier alpha value is -1.06. The lowest BCUT2D eigenvalue weighted by Crippen LogP contribution is -2.35. The van der Waals surface area contributed by atoms with Gasteiger partial charge >= 0.3 is 5.97 Å². The highest BCUT2D eigenvalue weighted by atomic mass is 35.5. The van der Waals surface area contributed by atoms with E-state index in [0.29, 0.717) is 5.92 Å². The van der Waals surface area contributed by atoms with Gasteiger partial charge in [-0.2, -0.15) is 0 Å². The van der Waals surface area contributed by atoms with Crippen LogP contribution < -0.4 is 0 Å². The molecule has 3 nitrogen and oxygen atoms in total. The number of halogens is 1. The molecule has 0 amide bonds. The van der Waals surface area contributed by atoms with Gasteiger partial charge in [-0.25, -0.2) is 0 Å². The van der Waals surface area contributed by atoms with Gasteiger partial charge in [0.2, 0.25) is 0 Å². The van der Waals surface area contributed by atoms with E-state index in [-0.39, 0.29) is 0 Å². The lowest BCUT2D eigenvalue weighted by molar-refractivity contribution is -0.149. The van der Waals surface area contributed by atoms with Gasteiger partial charge in [-0.3, -0.25) is 4.79 Å². The summed E-state index contributed by atoms with van der Waals surface area (Å²) >= 11 is 5.88. The number of carbonyl (C=O) groups is 1. The van der Waals surface area contributed by atoms with Crippen molar-refractivity contribution in [2.24, 2.45) is 11.3 Å². The van der Waals surface area contributed by atoms with Crippen LogP contribution in [0, 0.1) is 11.3 Å². The Morgan fingerprint density at radius 3 is 2.81 bits per heavy atom. The summed E-state index contributed by atoms with van der Waals surface area (Å²) in [5, 5.41) is 10.4. The quantitative estimate of drug-likeness (QED) is 0.905. The van der Waals surface area contributed by atoms with E-state index >= 15 is 0 Å². The van der Waals surface area contributed by atoms with Crippen molar-refractivity contribution in [3.05, 3.63) is 34.9 Å². The molecule has 0 unspecified atom stereocenters. The molecule has 0 aromatic heterocycles. The topological polar surface area (TPSA) is 40.5 Å². The van der Waals surface area contributed by atoms with Crippen LogP contribution >= 0.6 is 11.6 Å². The van der Waals surface area contributed by atoms with Gasteiger partial charge in [0.05, 0.1) is 5.41 Å². The van der Waals surface area contributed by atoms with E-state index in [1.165, 1.54) is 5.56 Å². The Balaban J connectivity index is 1.51. The van der Waals surface area contributed by atoms with Gasteiger partial charge in [-0.05, 0) is 55.8 Å². The summed E-state index contributed by atoms with van der Waals surface area (Å²) in [6, 6.07) is 7.99. The zero-order chi connectivity index (χ0) is 14.9. The predicted octanol–water partition coefficient (Wildman–Crippen LogP) is 3.46. The second kappa shape index (κ2) is 5.98. The van der Waals surface area contributed by atoms with E-state index in [1.807, 2.05) is 12.1 Å². The van der Waals surface area contributed by atoms with Crippen molar-refractivity contribution >= 4 is 17.6 Å². The number of carboxylic acid groups (broad SMARTS) is 1. The first-order valence-electron chi connectivity index (χ1n) is 7.80. The lowest BCUT2D eigenvalue weighted by atomic mass is 9.81. The number of nitrogens with zero attached hydrogens (tertiary/aromatic N) is 1. The van der Waals surface area contributed by atoms with Crippen molar-refractivity contribution in [2.45, 2.75) is 32.1 Å². The molecule has 0 spiro atoms. The largest absolute Gasteiger partial charge is 0.481 e. The number of benzene rings is 1. The Morgan fingerprint density at radius 1 is 1.38 bits per heavy atom. The second-order valence-electron chi connectivity index (χ2n) is 6.52. The molecule has 1 aromatic carbocycles. The van der Waals surface area contributed by atoms with E-state index in [0.717, 1.165) is 56.8 Å². The summed E-state index contributed by atoms with van der Waals surface area (Å²) < 4.78 is 0. The zero-order valence-corrected chi connectivity index (χ0v) is 13.0. The molecule has 2 fully saturated rings. The molecule has 1 saturated heterocycles. The third kappa shape index (κ3) is 2.95. The van der Waals surface area contributed by atoms with Gasteiger partial charge in [-0.1, -0.05) is 30.2 Å². The smallest absolute Gasteiger partial charge is 0.311 e. The lowest BCUT2D eigenvalue weighted by Gasteiger charge is -2.23. The van der Waals surface area contributed by atoms with E-state index < -0.39 is 11.4 Å². The number of aryl methyl sites for hydroxylation is 1. The van der Waals surface area contributed by atoms with E-state index in [2.05, 4.69) is 17.0 Å². The van der Waals surface area contributed by atoms with Gasteiger partial charge in [0.15, 0.2) is 0 Å². The van der Waals surface area contributed by atoms with Gasteiger partial charge in [0.1, 0.15) is 0 Å². The third-order valence-corrected chi connectivity index (χ3v) is 5.47. The normalized spacial score (nSPS) is 28.7. The maximum Gasteiger partial charge on any atom is 0.311 e. The average molecular weight is 308 g/mol. The first-order chi connectivity index (χ1) is 10.1. The molecule has 21 heavy (non-hydrogen) atoms. The summed E-state index contributed by atoms with van der Waals surface area (Å²) in [5.41, 5.74) is 0.854. The molecule has 2 aliphatic rings. The molecule has 1 aliphatic carbocycles. The van der Waals surface area contributed by atoms with Crippen molar-refractivity contribution in [3.8, 4) is 0 Å². The maximum atomic E-state index is 11.6. The number of fused-ring (bicyclic) bond motifs is 1. The van der Waals surface area contributed by atoms with Crippen LogP contribution in [0.3, 0.4) is 0 Å². The minimum Gasteiger partial charge on any atom is -0.481 e. The number of aliphatic carboxylic acids is 1. The average Bonchev–Trinajstić information content (AvgIpc) is 2.98. The highest BCUT2D eigenvalue weighted by Gasteiger charge is 2.54. The summed E-state index contributed by atoms with van der Waals surface area (Å²) in [6.07, 6.45) is 5.12. The standard InChI is InChI=1S/C17H22ClNO2/c18-15-7-5-13(6-8-15)3-2-10-19-11-14-4-1-9-17(14,12-19)16(20)21/h5-8,14H,1-4,9-12H2,(H,20,21)/t14-,17+/m0/s1. The van der Waals surface area contributed by atoms with Crippen LogP contribution in [-0.4, -0.2) is 35.6 Å². The van der Waals surface area contributed by atoms with Crippen molar-refractivity contribution in [2.75, 3.05) is 19.6 Å². The van der Waals surface area contributed by atoms with Crippen LogP contribution in [0.4, 0.5) is 0 Å². The Morgan fingerprint density at radius 2 is 2.14 bits per heavy atom. The number of hydrogen-bond acceptors (Lipinski definition) is 2. The van der Waals surface area contributed by atoms with Crippen LogP contribution in [0.2, 0.25) is 5.02 Å². The highest BCUT2D eigenvalue weighted by Crippen LogP contribution is 2.48. The first kappa shape index (κ1) is 14.9. The van der Waals surface area contributed by atoms with Gasteiger partial charge in [0, 0.05) is 18.1 Å². The fourth-order valence-corrected chi connectivity index (χ4v) is 4.20. The van der Waals surface area contributed by atoms with E-state index in [1.54, 1.807) is 0 Å². The summed E-state index contributed by atoms with van der Waals surface area (Å²) in [5.74, 6) is -0.212. The number of rotatable bonds is 5. The Labute approximate surface area is 130 Å². The molecule has 3 rings (SSSR count). The molecule has 114 valence electrons. The van der Waals surface area contributed by atoms with Crippen LogP contribution in [0.25, 0.3) is 0 Å². The highest BCUT2D eigenvalue weighted by molar-refractivity contribution is 6.30. The Bertz CT molecular complexity index is 516. The summed E-state index contributed by atoms with van der Waals surface area (Å²) in [4.78, 5) is 14.0. The zero-order valence-electron chi connectivity index (χ0n) is 12.2. The predicted molar refractivity (Wildman–Crippen MR) is 83.6 cm³/mol. The SMILES string of the molecule is O=C(O)[C@@]12CCC[C@H]1CN(CCCc1ccc(Cl)cc1)C2. The molecule has 2 atom stereocenters. The van der Waals surface area contributed by atoms with Crippen LogP contribution in [0.1, 0.15) is 31.2 Å². The monoisotopic (exact) mass is 307 g/mol. The number of hydrogen-bond donors (Lipinski definition) is 1. The molecule has 1 N–H and O–H groups in total. The summed E-state index contributed by atoms with van der Waals surface area (Å²) in [6.45, 7) is 2.70. The van der Waals surface area contributed by atoms with Crippen LogP contribution in [0.15, 0.2) is 24.3 Å². The van der Waals surface area contributed by atoms with Gasteiger partial charge < -0.3 is 10.0 Å². The molecular weight excluding hydrogens is 286 g/mol. The molecular formula is C17H22ClNO2. The fourth-order valence-electron chi connectivity index (χ4n) is 4.07. The van der Waals surface area contributed by atoms with Crippen molar-refractivity contribution in [3.63, 3.8) is 0 Å². The van der Waals surface area contributed by atoms with E-state index in [4.69, 9.17) is 11.6 Å². The van der Waals surface area contributed by atoms with E-state index in [9.17, 15) is 9.90 Å². The maximum absolute atomic E-state index is 11.6. The Kier molecular flexibility index (Phi) is 4.23. The third-order valence-electron chi connectivity index (χ3n) is 5.22. The van der Waals surface area contributed by atoms with Crippen molar-refractivity contribution in [1.82, 2.24) is 4.90 Å². The molecule has 0 bridgehead atoms. The molecule has 1 heterocycles. The molecule has 0 radical (unpaired) electrons. The number of likely N-dealkylation sites (tertiary alicyclic amines) is 1. The van der Waals surface area contributed by atoms with Crippen LogP contribution in [-0.2, 0) is 11.2 Å². The summed E-state index contributed by atoms with van der Waals surface area (Å²) in [7, 11) is 0. The fraction of sp³-hybridized carbons (Fsp3) is 0.588. The number of carboxylic acids is 1. The molecule has 1 aliphatic heterocycles.